The van der Waals surface area contributed by atoms with E-state index in [0.717, 1.165) is 5.56 Å². The second-order valence-corrected chi connectivity index (χ2v) is 7.80. The second-order valence-electron chi connectivity index (χ2n) is 7.80. The summed E-state index contributed by atoms with van der Waals surface area (Å²) >= 11 is 0. The summed E-state index contributed by atoms with van der Waals surface area (Å²) in [4.78, 5) is 54.0. The fraction of sp³-hybridized carbons (Fsp3) is 0.409. The fourth-order valence-corrected chi connectivity index (χ4v) is 3.29. The van der Waals surface area contributed by atoms with Crippen LogP contribution in [-0.2, 0) is 38.7 Å². The van der Waals surface area contributed by atoms with E-state index in [2.05, 4.69) is 20.9 Å². The third-order valence-corrected chi connectivity index (χ3v) is 5.10. The summed E-state index contributed by atoms with van der Waals surface area (Å²) in [6.07, 6.45) is 1.03. The Morgan fingerprint density at radius 2 is 2.00 bits per heavy atom. The highest BCUT2D eigenvalue weighted by atomic mass is 16.5. The van der Waals surface area contributed by atoms with Gasteiger partial charge in [-0.25, -0.2) is 9.78 Å². The molecule has 32 heavy (non-hydrogen) atoms. The molecule has 1 aromatic heterocycles. The predicted octanol–water partition coefficient (Wildman–Crippen LogP) is 1.24. The van der Waals surface area contributed by atoms with Crippen LogP contribution in [0.4, 0.5) is 4.79 Å². The Morgan fingerprint density at radius 3 is 2.72 bits per heavy atom. The van der Waals surface area contributed by atoms with Crippen LogP contribution in [0.15, 0.2) is 41.1 Å². The van der Waals surface area contributed by atoms with E-state index in [1.165, 1.54) is 6.39 Å². The van der Waals surface area contributed by atoms with Crippen molar-refractivity contribution in [3.63, 3.8) is 0 Å². The molecular formula is C22H26N4O6. The quantitative estimate of drug-likeness (QED) is 0.572. The van der Waals surface area contributed by atoms with Gasteiger partial charge in [-0.05, 0) is 24.3 Å². The molecule has 1 aliphatic heterocycles. The molecule has 2 unspecified atom stereocenters. The number of rotatable bonds is 6. The number of amides is 3. The Kier molecular flexibility index (Phi) is 7.58. The fourth-order valence-electron chi connectivity index (χ4n) is 3.29. The molecule has 2 atom stereocenters. The summed E-state index contributed by atoms with van der Waals surface area (Å²) in [6, 6.07) is 7.12. The number of benzene rings is 1. The van der Waals surface area contributed by atoms with E-state index in [1.54, 1.807) is 13.8 Å². The molecule has 2 heterocycles. The molecule has 10 heteroatoms. The highest BCUT2D eigenvalue weighted by molar-refractivity contribution is 6.38. The molecule has 0 saturated heterocycles. The molecule has 0 fully saturated rings. The standard InChI is InChI=1S/C22H26N4O6/c1-13(2)18(26-22(30)31-11-14-6-4-3-5-7-14)20(28)25-16-9-8-15-17(32-12-24-15)10-23-21(29)19(16)27/h3-7,12-13,16,18H,8-11H2,1-2H3,(H,23,29)(H,25,28)(H,26,30). The first-order valence-corrected chi connectivity index (χ1v) is 10.4. The number of fused-ring (bicyclic) bond motifs is 1. The van der Waals surface area contributed by atoms with Gasteiger partial charge in [-0.1, -0.05) is 44.2 Å². The molecule has 3 rings (SSSR count). The van der Waals surface area contributed by atoms with E-state index in [4.69, 9.17) is 9.15 Å². The minimum absolute atomic E-state index is 0.0456. The molecule has 3 amide bonds. The van der Waals surface area contributed by atoms with Gasteiger partial charge < -0.3 is 25.1 Å². The van der Waals surface area contributed by atoms with E-state index in [9.17, 15) is 19.2 Å². The van der Waals surface area contributed by atoms with E-state index in [0.29, 0.717) is 17.9 Å². The zero-order chi connectivity index (χ0) is 23.1. The number of oxazole rings is 1. The maximum absolute atomic E-state index is 12.9. The lowest BCUT2D eigenvalue weighted by atomic mass is 10.0. The molecule has 170 valence electrons. The smallest absolute Gasteiger partial charge is 0.408 e. The molecule has 1 aromatic carbocycles. The summed E-state index contributed by atoms with van der Waals surface area (Å²) in [5, 5.41) is 7.61. The molecule has 0 radical (unpaired) electrons. The molecule has 2 aromatic rings. The van der Waals surface area contributed by atoms with Crippen LogP contribution in [0.25, 0.3) is 0 Å². The van der Waals surface area contributed by atoms with Gasteiger partial charge in [0.25, 0.3) is 5.91 Å². The summed E-state index contributed by atoms with van der Waals surface area (Å²) in [5.74, 6) is -1.99. The Hall–Kier alpha value is -3.69. The summed E-state index contributed by atoms with van der Waals surface area (Å²) in [5.41, 5.74) is 1.42. The normalized spacial score (nSPS) is 17.3. The van der Waals surface area contributed by atoms with Gasteiger partial charge in [-0.3, -0.25) is 14.4 Å². The van der Waals surface area contributed by atoms with Gasteiger partial charge in [0.2, 0.25) is 11.7 Å². The number of nitrogens with zero attached hydrogens (tertiary/aromatic N) is 1. The molecule has 0 spiro atoms. The zero-order valence-electron chi connectivity index (χ0n) is 17.9. The van der Waals surface area contributed by atoms with Crippen molar-refractivity contribution in [3.8, 4) is 0 Å². The average Bonchev–Trinajstić information content (AvgIpc) is 3.24. The van der Waals surface area contributed by atoms with Gasteiger partial charge in [0.15, 0.2) is 6.39 Å². The zero-order valence-corrected chi connectivity index (χ0v) is 17.9. The highest BCUT2D eigenvalue weighted by Crippen LogP contribution is 2.14. The van der Waals surface area contributed by atoms with Crippen molar-refractivity contribution in [2.45, 2.75) is 51.9 Å². The number of carbonyl (C=O) groups excluding carboxylic acids is 4. The number of hydrogen-bond donors (Lipinski definition) is 3. The molecule has 10 nitrogen and oxygen atoms in total. The minimum atomic E-state index is -1.06. The van der Waals surface area contributed by atoms with Gasteiger partial charge >= 0.3 is 6.09 Å². The SMILES string of the molecule is CC(C)C(NC(=O)OCc1ccccc1)C(=O)NC1CCc2ncoc2CNC(=O)C1=O. The highest BCUT2D eigenvalue weighted by Gasteiger charge is 2.33. The van der Waals surface area contributed by atoms with Crippen LogP contribution >= 0.6 is 0 Å². The number of alkyl carbamates (subject to hydrolysis) is 1. The third kappa shape index (κ3) is 5.93. The van der Waals surface area contributed by atoms with Crippen molar-refractivity contribution in [2.24, 2.45) is 5.92 Å². The van der Waals surface area contributed by atoms with E-state index < -0.39 is 35.8 Å². The lowest BCUT2D eigenvalue weighted by Gasteiger charge is -2.24. The number of carbonyl (C=O) groups is 4. The largest absolute Gasteiger partial charge is 0.446 e. The van der Waals surface area contributed by atoms with Gasteiger partial charge in [-0.2, -0.15) is 0 Å². The lowest BCUT2D eigenvalue weighted by Crippen LogP contribution is -2.55. The number of hydrogen-bond acceptors (Lipinski definition) is 7. The first-order valence-electron chi connectivity index (χ1n) is 10.4. The molecule has 0 bridgehead atoms. The van der Waals surface area contributed by atoms with Crippen LogP contribution in [0.5, 0.6) is 0 Å². The van der Waals surface area contributed by atoms with Gasteiger partial charge in [0, 0.05) is 0 Å². The summed E-state index contributed by atoms with van der Waals surface area (Å²) in [7, 11) is 0. The lowest BCUT2D eigenvalue weighted by molar-refractivity contribution is -0.140. The Bertz CT molecular complexity index is 972. The first kappa shape index (κ1) is 23.0. The van der Waals surface area contributed by atoms with Crippen molar-refractivity contribution < 1.29 is 28.3 Å². The number of Topliss-reactive ketones (excluding diaryl/α,β-unsaturated/α-hetero) is 1. The van der Waals surface area contributed by atoms with E-state index in [-0.39, 0.29) is 25.5 Å². The molecule has 0 aliphatic carbocycles. The van der Waals surface area contributed by atoms with E-state index >= 15 is 0 Å². The Balaban J connectivity index is 1.62. The van der Waals surface area contributed by atoms with Crippen LogP contribution in [0, 0.1) is 5.92 Å². The first-order chi connectivity index (χ1) is 15.3. The van der Waals surface area contributed by atoms with Crippen molar-refractivity contribution in [1.82, 2.24) is 20.9 Å². The Labute approximate surface area is 185 Å². The van der Waals surface area contributed by atoms with Crippen LogP contribution in [0.3, 0.4) is 0 Å². The topological polar surface area (TPSA) is 140 Å². The number of aryl methyl sites for hydroxylation is 1. The second kappa shape index (κ2) is 10.6. The molecule has 0 saturated carbocycles. The number of ketones is 1. The van der Waals surface area contributed by atoms with E-state index in [1.807, 2.05) is 30.3 Å². The molecule has 1 aliphatic rings. The molecule has 3 N–H and O–H groups in total. The van der Waals surface area contributed by atoms with Crippen LogP contribution in [0.1, 0.15) is 37.3 Å². The van der Waals surface area contributed by atoms with Crippen molar-refractivity contribution in [3.05, 3.63) is 53.7 Å². The van der Waals surface area contributed by atoms with Crippen LogP contribution in [0.2, 0.25) is 0 Å². The van der Waals surface area contributed by atoms with Crippen molar-refractivity contribution >= 4 is 23.7 Å². The minimum Gasteiger partial charge on any atom is -0.446 e. The van der Waals surface area contributed by atoms with Gasteiger partial charge in [0.05, 0.1) is 18.3 Å². The van der Waals surface area contributed by atoms with Crippen LogP contribution in [-0.4, -0.2) is 40.8 Å². The monoisotopic (exact) mass is 442 g/mol. The predicted molar refractivity (Wildman–Crippen MR) is 112 cm³/mol. The average molecular weight is 442 g/mol. The number of aromatic nitrogens is 1. The summed E-state index contributed by atoms with van der Waals surface area (Å²) < 4.78 is 10.4. The maximum atomic E-state index is 12.9. The maximum Gasteiger partial charge on any atom is 0.408 e. The number of nitrogens with one attached hydrogen (secondary N) is 3. The summed E-state index contributed by atoms with van der Waals surface area (Å²) in [6.45, 7) is 3.60. The molecular weight excluding hydrogens is 416 g/mol. The van der Waals surface area contributed by atoms with Crippen LogP contribution < -0.4 is 16.0 Å². The van der Waals surface area contributed by atoms with Gasteiger partial charge in [0.1, 0.15) is 18.4 Å². The van der Waals surface area contributed by atoms with Gasteiger partial charge in [-0.15, -0.1) is 0 Å². The van der Waals surface area contributed by atoms with Crippen molar-refractivity contribution in [1.29, 1.82) is 0 Å². The third-order valence-electron chi connectivity index (χ3n) is 5.10. The van der Waals surface area contributed by atoms with Crippen molar-refractivity contribution in [2.75, 3.05) is 0 Å². The Morgan fingerprint density at radius 1 is 1.25 bits per heavy atom. The number of ether oxygens (including phenoxy) is 1.